The molecule has 0 saturated carbocycles. The van der Waals surface area contributed by atoms with Crippen LogP contribution in [-0.4, -0.2) is 47.4 Å². The molecular weight excluding hydrogens is 577 g/mol. The minimum absolute atomic E-state index is 0.00606. The van der Waals surface area contributed by atoms with Crippen molar-refractivity contribution in [1.29, 1.82) is 0 Å². The molecule has 0 aliphatic rings. The van der Waals surface area contributed by atoms with Crippen LogP contribution in [0.2, 0.25) is 0 Å². The lowest BCUT2D eigenvalue weighted by Crippen LogP contribution is -2.28. The number of amides is 1. The zero-order chi connectivity index (χ0) is 30.2. The number of hydrogen-bond donors (Lipinski definition) is 3. The van der Waals surface area contributed by atoms with Crippen LogP contribution in [0.1, 0.15) is 12.5 Å². The van der Waals surface area contributed by atoms with E-state index in [-0.39, 0.29) is 45.2 Å². The Balaban J connectivity index is 1.61. The summed E-state index contributed by atoms with van der Waals surface area (Å²) in [5.41, 5.74) is 0.523. The minimum atomic E-state index is -4.69. The molecule has 5 rings (SSSR count). The first kappa shape index (κ1) is 28.6. The molecule has 0 bridgehead atoms. The third-order valence-electron chi connectivity index (χ3n) is 6.45. The van der Waals surface area contributed by atoms with E-state index in [0.717, 1.165) is 0 Å². The smallest absolute Gasteiger partial charge is 0.406 e. The zero-order valence-electron chi connectivity index (χ0n) is 22.1. The molecule has 0 unspecified atom stereocenters. The van der Waals surface area contributed by atoms with Crippen molar-refractivity contribution in [1.82, 2.24) is 25.1 Å². The molecular formula is C27H23F3N6O5S. The number of anilines is 1. The molecule has 11 nitrogen and oxygen atoms in total. The first-order chi connectivity index (χ1) is 19.9. The van der Waals surface area contributed by atoms with E-state index in [1.165, 1.54) is 63.0 Å². The Labute approximate surface area is 236 Å². The highest BCUT2D eigenvalue weighted by molar-refractivity contribution is 7.92. The number of carbonyl (C=O) groups excluding carboxylic acids is 1. The molecule has 5 aromatic rings. The van der Waals surface area contributed by atoms with Gasteiger partial charge in [-0.05, 0) is 35.4 Å². The molecule has 0 radical (unpaired) electrons. The Morgan fingerprint density at radius 1 is 1.10 bits per heavy atom. The number of nitrogens with one attached hydrogen (secondary N) is 3. The topological polar surface area (TPSA) is 148 Å². The van der Waals surface area contributed by atoms with E-state index in [0.29, 0.717) is 26.6 Å². The number of pyridine rings is 2. The van der Waals surface area contributed by atoms with Crippen LogP contribution in [0.5, 0.6) is 5.75 Å². The predicted molar refractivity (Wildman–Crippen MR) is 148 cm³/mol. The number of carbonyl (C=O) groups is 1. The van der Waals surface area contributed by atoms with Crippen LogP contribution in [0.15, 0.2) is 70.7 Å². The molecule has 0 aliphatic carbocycles. The van der Waals surface area contributed by atoms with Gasteiger partial charge in [0.25, 0.3) is 15.6 Å². The van der Waals surface area contributed by atoms with Gasteiger partial charge >= 0.3 is 6.18 Å². The molecule has 3 aromatic heterocycles. The molecule has 3 heterocycles. The van der Waals surface area contributed by atoms with Crippen molar-refractivity contribution in [3.8, 4) is 16.9 Å². The Hall–Kier alpha value is -4.92. The van der Waals surface area contributed by atoms with Crippen LogP contribution < -0.4 is 20.3 Å². The van der Waals surface area contributed by atoms with Crippen LogP contribution in [0.4, 0.5) is 18.9 Å². The van der Waals surface area contributed by atoms with E-state index in [4.69, 9.17) is 4.74 Å². The maximum Gasteiger partial charge on any atom is 0.406 e. The monoisotopic (exact) mass is 600 g/mol. The summed E-state index contributed by atoms with van der Waals surface area (Å²) in [4.78, 5) is 28.1. The van der Waals surface area contributed by atoms with Crippen LogP contribution >= 0.6 is 0 Å². The van der Waals surface area contributed by atoms with Gasteiger partial charge in [-0.25, -0.2) is 8.42 Å². The number of aromatic amines is 1. The number of methoxy groups -OCH3 is 1. The summed E-state index contributed by atoms with van der Waals surface area (Å²) >= 11 is 0. The fraction of sp³-hybridized carbons (Fsp3) is 0.185. The fourth-order valence-corrected chi connectivity index (χ4v) is 5.86. The quantitative estimate of drug-likeness (QED) is 0.244. The molecule has 1 amide bonds. The lowest BCUT2D eigenvalue weighted by Gasteiger charge is -2.17. The number of aromatic nitrogens is 4. The minimum Gasteiger partial charge on any atom is -0.495 e. The van der Waals surface area contributed by atoms with Gasteiger partial charge in [0.05, 0.1) is 41.6 Å². The van der Waals surface area contributed by atoms with Gasteiger partial charge < -0.3 is 10.1 Å². The number of nitrogens with zero attached hydrogens (tertiary/aromatic N) is 3. The SMILES string of the molecule is COc1ccc(CNC(C)=O)cc1S(=O)(=O)Nc1cnccc1-c1ccc2c3[nH]ncc3c(=O)n(CC(F)(F)F)c2c1. The summed E-state index contributed by atoms with van der Waals surface area (Å²) in [6.07, 6.45) is -0.860. The highest BCUT2D eigenvalue weighted by Crippen LogP contribution is 2.34. The summed E-state index contributed by atoms with van der Waals surface area (Å²) in [6.45, 7) is -0.114. The van der Waals surface area contributed by atoms with E-state index in [9.17, 15) is 31.2 Å². The van der Waals surface area contributed by atoms with E-state index < -0.39 is 28.3 Å². The van der Waals surface area contributed by atoms with Crippen molar-refractivity contribution in [3.05, 3.63) is 77.0 Å². The average molecular weight is 601 g/mol. The maximum absolute atomic E-state index is 13.6. The number of fused-ring (bicyclic) bond motifs is 3. The van der Waals surface area contributed by atoms with Crippen molar-refractivity contribution in [3.63, 3.8) is 0 Å². The second-order valence-electron chi connectivity index (χ2n) is 9.32. The third kappa shape index (κ3) is 5.63. The average Bonchev–Trinajstić information content (AvgIpc) is 3.44. The second kappa shape index (κ2) is 10.8. The van der Waals surface area contributed by atoms with Crippen molar-refractivity contribution in [2.75, 3.05) is 11.8 Å². The number of ether oxygens (including phenoxy) is 1. The van der Waals surface area contributed by atoms with Gasteiger partial charge in [-0.1, -0.05) is 18.2 Å². The van der Waals surface area contributed by atoms with Gasteiger partial charge in [0, 0.05) is 30.6 Å². The molecule has 0 atom stereocenters. The molecule has 0 spiro atoms. The number of benzene rings is 2. The standard InChI is InChI=1S/C27H23F3N6O5S/c1-15(37)32-11-16-3-6-23(41-2)24(9-16)42(39,40)35-21-13-31-8-7-18(21)17-4-5-19-22(10-17)36(14-27(28,29)30)26(38)20-12-33-34-25(19)20/h3-10,12-13,35H,11,14H2,1-2H3,(H,32,37)(H,33,34). The van der Waals surface area contributed by atoms with Gasteiger partial charge in [0.1, 0.15) is 17.2 Å². The van der Waals surface area contributed by atoms with E-state index >= 15 is 0 Å². The molecule has 0 aliphatic heterocycles. The van der Waals surface area contributed by atoms with Crippen LogP contribution in [0.25, 0.3) is 32.9 Å². The molecule has 15 heteroatoms. The first-order valence-corrected chi connectivity index (χ1v) is 13.8. The maximum atomic E-state index is 13.6. The number of halogens is 3. The third-order valence-corrected chi connectivity index (χ3v) is 7.83. The number of H-pyrrole nitrogens is 1. The lowest BCUT2D eigenvalue weighted by atomic mass is 10.0. The largest absolute Gasteiger partial charge is 0.495 e. The van der Waals surface area contributed by atoms with Crippen molar-refractivity contribution >= 4 is 43.4 Å². The van der Waals surface area contributed by atoms with Gasteiger partial charge in [0.15, 0.2) is 0 Å². The summed E-state index contributed by atoms with van der Waals surface area (Å²) in [6, 6.07) is 10.4. The molecule has 42 heavy (non-hydrogen) atoms. The molecule has 218 valence electrons. The molecule has 0 fully saturated rings. The van der Waals surface area contributed by atoms with E-state index in [2.05, 4.69) is 25.2 Å². The highest BCUT2D eigenvalue weighted by atomic mass is 32.2. The predicted octanol–water partition coefficient (Wildman–Crippen LogP) is 3.95. The normalized spacial score (nSPS) is 12.0. The van der Waals surface area contributed by atoms with Crippen molar-refractivity contribution in [2.24, 2.45) is 0 Å². The van der Waals surface area contributed by atoms with Crippen LogP contribution in [0.3, 0.4) is 0 Å². The van der Waals surface area contributed by atoms with Crippen molar-refractivity contribution < 1.29 is 31.1 Å². The van der Waals surface area contributed by atoms with E-state index in [1.807, 2.05) is 0 Å². The van der Waals surface area contributed by atoms with Gasteiger partial charge in [0.2, 0.25) is 5.91 Å². The summed E-state index contributed by atoms with van der Waals surface area (Å²) < 4.78 is 75.9. The lowest BCUT2D eigenvalue weighted by molar-refractivity contribution is -0.140. The molecule has 0 saturated heterocycles. The highest BCUT2D eigenvalue weighted by Gasteiger charge is 2.30. The Kier molecular flexibility index (Phi) is 7.36. The Morgan fingerprint density at radius 2 is 1.88 bits per heavy atom. The number of sulfonamides is 1. The molecule has 2 aromatic carbocycles. The Morgan fingerprint density at radius 3 is 2.60 bits per heavy atom. The molecule has 3 N–H and O–H groups in total. The van der Waals surface area contributed by atoms with Gasteiger partial charge in [-0.3, -0.25) is 29.0 Å². The van der Waals surface area contributed by atoms with Crippen molar-refractivity contribution in [2.45, 2.75) is 31.1 Å². The van der Waals surface area contributed by atoms with Gasteiger partial charge in [-0.15, -0.1) is 0 Å². The summed E-state index contributed by atoms with van der Waals surface area (Å²) in [5, 5.41) is 9.41. The second-order valence-corrected chi connectivity index (χ2v) is 11.0. The van der Waals surface area contributed by atoms with E-state index in [1.54, 1.807) is 12.1 Å². The number of alkyl halides is 3. The fourth-order valence-electron chi connectivity index (χ4n) is 4.57. The summed E-state index contributed by atoms with van der Waals surface area (Å²) in [5.74, 6) is -0.248. The number of hydrogen-bond acceptors (Lipinski definition) is 7. The van der Waals surface area contributed by atoms with Crippen LogP contribution in [-0.2, 0) is 27.9 Å². The number of rotatable bonds is 8. The Bertz CT molecular complexity index is 2000. The van der Waals surface area contributed by atoms with Crippen LogP contribution in [0, 0.1) is 0 Å². The first-order valence-electron chi connectivity index (χ1n) is 12.3. The summed E-state index contributed by atoms with van der Waals surface area (Å²) in [7, 11) is -2.99. The van der Waals surface area contributed by atoms with Gasteiger partial charge in [-0.2, -0.15) is 18.3 Å². The zero-order valence-corrected chi connectivity index (χ0v) is 22.9.